The summed E-state index contributed by atoms with van der Waals surface area (Å²) in [6.07, 6.45) is -2.08. The van der Waals surface area contributed by atoms with Gasteiger partial charge in [-0.2, -0.15) is 0 Å². The van der Waals surface area contributed by atoms with Crippen LogP contribution < -0.4 is 11.2 Å². The molecular formula is C10H13N5O5. The molecule has 4 atom stereocenters. The van der Waals surface area contributed by atoms with Crippen LogP contribution in [-0.2, 0) is 4.74 Å². The third-order valence-electron chi connectivity index (χ3n) is 3.12. The molecule has 0 bridgehead atoms. The first kappa shape index (κ1) is 14.3. The molecule has 0 spiro atoms. The van der Waals surface area contributed by atoms with Crippen molar-refractivity contribution >= 4 is 0 Å². The number of nitrogens with one attached hydrogen (secondary N) is 1. The van der Waals surface area contributed by atoms with Crippen LogP contribution in [0.3, 0.4) is 0 Å². The van der Waals surface area contributed by atoms with Gasteiger partial charge >= 0.3 is 5.69 Å². The number of aromatic amines is 1. The highest BCUT2D eigenvalue weighted by Gasteiger charge is 2.44. The van der Waals surface area contributed by atoms with Gasteiger partial charge in [0.25, 0.3) is 5.56 Å². The van der Waals surface area contributed by atoms with E-state index in [4.69, 9.17) is 15.4 Å². The second-order valence-electron chi connectivity index (χ2n) is 4.41. The maximum Gasteiger partial charge on any atom is 0.330 e. The molecule has 20 heavy (non-hydrogen) atoms. The van der Waals surface area contributed by atoms with E-state index in [9.17, 15) is 14.7 Å². The number of aliphatic hydroxyl groups excluding tert-OH is 2. The average Bonchev–Trinajstić information content (AvgIpc) is 2.72. The average molecular weight is 283 g/mol. The van der Waals surface area contributed by atoms with Crippen molar-refractivity contribution in [2.24, 2.45) is 5.11 Å². The molecule has 0 amide bonds. The maximum absolute atomic E-state index is 11.8. The fourth-order valence-electron chi connectivity index (χ4n) is 2.07. The molecule has 0 unspecified atom stereocenters. The van der Waals surface area contributed by atoms with Crippen molar-refractivity contribution in [2.75, 3.05) is 6.61 Å². The first-order chi connectivity index (χ1) is 9.49. The molecule has 2 heterocycles. The van der Waals surface area contributed by atoms with Crippen LogP contribution in [0.15, 0.2) is 20.9 Å². The Bertz CT molecular complexity index is 661. The highest BCUT2D eigenvalue weighted by atomic mass is 16.5. The molecule has 3 N–H and O–H groups in total. The summed E-state index contributed by atoms with van der Waals surface area (Å²) in [7, 11) is 0. The predicted octanol–water partition coefficient (Wildman–Crippen LogP) is -1.23. The number of hydrogen-bond acceptors (Lipinski definition) is 6. The Kier molecular flexibility index (Phi) is 3.91. The summed E-state index contributed by atoms with van der Waals surface area (Å²) in [4.78, 5) is 27.8. The molecule has 1 fully saturated rings. The Hall–Kier alpha value is -2.13. The normalized spacial score (nSPS) is 29.1. The van der Waals surface area contributed by atoms with Crippen LogP contribution in [0.25, 0.3) is 10.4 Å². The summed E-state index contributed by atoms with van der Waals surface area (Å²) in [5.74, 6) is 0. The minimum atomic E-state index is -1.25. The van der Waals surface area contributed by atoms with E-state index in [1.54, 1.807) is 0 Å². The molecule has 108 valence electrons. The largest absolute Gasteiger partial charge is 0.394 e. The number of H-pyrrole nitrogens is 1. The van der Waals surface area contributed by atoms with Gasteiger partial charge in [0, 0.05) is 16.7 Å². The number of rotatable bonds is 3. The second kappa shape index (κ2) is 5.47. The van der Waals surface area contributed by atoms with Crippen molar-refractivity contribution in [3.63, 3.8) is 0 Å². The fourth-order valence-corrected chi connectivity index (χ4v) is 2.07. The first-order valence-corrected chi connectivity index (χ1v) is 5.80. The predicted molar refractivity (Wildman–Crippen MR) is 66.0 cm³/mol. The monoisotopic (exact) mass is 283 g/mol. The number of hydrogen-bond donors (Lipinski definition) is 3. The zero-order valence-electron chi connectivity index (χ0n) is 10.5. The van der Waals surface area contributed by atoms with E-state index < -0.39 is 42.3 Å². The third-order valence-corrected chi connectivity index (χ3v) is 3.12. The Morgan fingerprint density at radius 1 is 1.60 bits per heavy atom. The van der Waals surface area contributed by atoms with E-state index in [-0.39, 0.29) is 5.56 Å². The van der Waals surface area contributed by atoms with E-state index in [0.29, 0.717) is 0 Å². The van der Waals surface area contributed by atoms with Gasteiger partial charge in [-0.1, -0.05) is 5.11 Å². The lowest BCUT2D eigenvalue weighted by Gasteiger charge is -2.17. The van der Waals surface area contributed by atoms with Crippen LogP contribution in [0.4, 0.5) is 0 Å². The summed E-state index contributed by atoms with van der Waals surface area (Å²) in [5.41, 5.74) is 7.49. The summed E-state index contributed by atoms with van der Waals surface area (Å²) < 4.78 is 6.35. The van der Waals surface area contributed by atoms with Crippen molar-refractivity contribution in [3.05, 3.63) is 43.0 Å². The van der Waals surface area contributed by atoms with E-state index in [1.807, 2.05) is 0 Å². The highest BCUT2D eigenvalue weighted by Crippen LogP contribution is 2.30. The number of nitrogens with zero attached hydrogens (tertiary/aromatic N) is 4. The van der Waals surface area contributed by atoms with Gasteiger partial charge in [0.1, 0.15) is 18.4 Å². The molecule has 0 aromatic carbocycles. The minimum Gasteiger partial charge on any atom is -0.394 e. The first-order valence-electron chi connectivity index (χ1n) is 5.80. The van der Waals surface area contributed by atoms with Crippen molar-refractivity contribution < 1.29 is 14.9 Å². The van der Waals surface area contributed by atoms with E-state index >= 15 is 0 Å². The lowest BCUT2D eigenvalue weighted by atomic mass is 10.1. The summed E-state index contributed by atoms with van der Waals surface area (Å²) in [5, 5.41) is 22.4. The van der Waals surface area contributed by atoms with Gasteiger partial charge in [0.2, 0.25) is 0 Å². The highest BCUT2D eigenvalue weighted by molar-refractivity contribution is 5.04. The smallest absolute Gasteiger partial charge is 0.330 e. The zero-order valence-corrected chi connectivity index (χ0v) is 10.5. The van der Waals surface area contributed by atoms with Crippen LogP contribution in [-0.4, -0.2) is 44.6 Å². The zero-order chi connectivity index (χ0) is 14.9. The number of aliphatic hydroxyl groups is 2. The second-order valence-corrected chi connectivity index (χ2v) is 4.41. The van der Waals surface area contributed by atoms with Crippen LogP contribution in [0.5, 0.6) is 0 Å². The summed E-state index contributed by atoms with van der Waals surface area (Å²) in [6, 6.07) is -1.08. The topological polar surface area (TPSA) is 153 Å². The number of aryl methyl sites for hydroxylation is 1. The van der Waals surface area contributed by atoms with Crippen molar-refractivity contribution in [2.45, 2.75) is 31.4 Å². The Morgan fingerprint density at radius 3 is 2.90 bits per heavy atom. The van der Waals surface area contributed by atoms with E-state index in [2.05, 4.69) is 15.0 Å². The molecule has 10 heteroatoms. The third kappa shape index (κ3) is 2.32. The molecule has 1 aliphatic heterocycles. The molecule has 0 saturated carbocycles. The van der Waals surface area contributed by atoms with Crippen LogP contribution in [0.2, 0.25) is 0 Å². The van der Waals surface area contributed by atoms with Crippen LogP contribution >= 0.6 is 0 Å². The van der Waals surface area contributed by atoms with Crippen molar-refractivity contribution in [1.82, 2.24) is 9.55 Å². The maximum atomic E-state index is 11.8. The van der Waals surface area contributed by atoms with Gasteiger partial charge in [0.15, 0.2) is 0 Å². The molecule has 1 aromatic heterocycles. The molecule has 1 aliphatic rings. The SMILES string of the molecule is Cc1cn([C@@H]2O[C@@H](CO)[C@H](O)[C@H]2N=[N+]=[N-])c(=O)[nH]c1=O. The summed E-state index contributed by atoms with van der Waals surface area (Å²) in [6.45, 7) is 0.998. The number of azide groups is 1. The molecule has 2 rings (SSSR count). The van der Waals surface area contributed by atoms with Crippen molar-refractivity contribution in [3.8, 4) is 0 Å². The molecular weight excluding hydrogens is 270 g/mol. The Labute approximate surface area is 111 Å². The molecule has 1 aromatic rings. The quantitative estimate of drug-likeness (QED) is 0.360. The minimum absolute atomic E-state index is 0.259. The van der Waals surface area contributed by atoms with Crippen LogP contribution in [0, 0.1) is 6.92 Å². The standard InChI is InChI=1S/C10H13N5O5/c1-4-2-15(10(19)12-8(4)18)9-6(13-14-11)7(17)5(3-16)20-9/h2,5-7,9,16-17H,3H2,1H3,(H,12,18,19)/t5-,6+,7-,9+/m0/s1. The molecule has 10 nitrogen and oxygen atoms in total. The van der Waals surface area contributed by atoms with Gasteiger partial charge in [0.05, 0.1) is 12.7 Å². The van der Waals surface area contributed by atoms with E-state index in [1.165, 1.54) is 13.1 Å². The summed E-state index contributed by atoms with van der Waals surface area (Å²) >= 11 is 0. The molecule has 0 radical (unpaired) electrons. The lowest BCUT2D eigenvalue weighted by Crippen LogP contribution is -2.37. The van der Waals surface area contributed by atoms with Crippen molar-refractivity contribution in [1.29, 1.82) is 0 Å². The Morgan fingerprint density at radius 2 is 2.30 bits per heavy atom. The van der Waals surface area contributed by atoms with Gasteiger partial charge in [-0.25, -0.2) is 4.79 Å². The van der Waals surface area contributed by atoms with E-state index in [0.717, 1.165) is 4.57 Å². The number of ether oxygens (including phenoxy) is 1. The fraction of sp³-hybridized carbons (Fsp3) is 0.600. The molecule has 0 aliphatic carbocycles. The number of aromatic nitrogens is 2. The van der Waals surface area contributed by atoms with Gasteiger partial charge in [-0.15, -0.1) is 0 Å². The van der Waals surface area contributed by atoms with Gasteiger partial charge in [-0.3, -0.25) is 14.3 Å². The van der Waals surface area contributed by atoms with Gasteiger partial charge in [-0.05, 0) is 12.5 Å². The molecule has 1 saturated heterocycles. The van der Waals surface area contributed by atoms with Crippen LogP contribution in [0.1, 0.15) is 11.8 Å². The Balaban J connectivity index is 2.50. The lowest BCUT2D eigenvalue weighted by molar-refractivity contribution is -0.0465. The van der Waals surface area contributed by atoms with Gasteiger partial charge < -0.3 is 14.9 Å².